The second kappa shape index (κ2) is 5.72. The summed E-state index contributed by atoms with van der Waals surface area (Å²) >= 11 is 5.57. The Morgan fingerprint density at radius 3 is 2.67 bits per heavy atom. The second-order valence-corrected chi connectivity index (χ2v) is 4.28. The van der Waals surface area contributed by atoms with Crippen LogP contribution in [0.2, 0.25) is 0 Å². The molecule has 0 spiro atoms. The molecule has 0 aliphatic carbocycles. The molecule has 18 heavy (non-hydrogen) atoms. The van der Waals surface area contributed by atoms with Crippen LogP contribution in [-0.2, 0) is 0 Å². The Labute approximate surface area is 106 Å². The average molecular weight is 279 g/mol. The molecule has 0 bridgehead atoms. The van der Waals surface area contributed by atoms with Gasteiger partial charge in [-0.2, -0.15) is 4.39 Å². The van der Waals surface area contributed by atoms with Crippen LogP contribution in [0, 0.1) is 21.7 Å². The first-order chi connectivity index (χ1) is 8.32. The van der Waals surface area contributed by atoms with Gasteiger partial charge >= 0.3 is 5.69 Å². The van der Waals surface area contributed by atoms with Crippen LogP contribution in [0.5, 0.6) is 0 Å². The summed E-state index contributed by atoms with van der Waals surface area (Å²) in [5.74, 6) is -3.39. The van der Waals surface area contributed by atoms with Crippen LogP contribution in [0.15, 0.2) is 12.1 Å². The molecule has 1 amide bonds. The minimum atomic E-state index is -1.37. The highest BCUT2D eigenvalue weighted by Crippen LogP contribution is 2.22. The summed E-state index contributed by atoms with van der Waals surface area (Å²) in [7, 11) is 0. The molecule has 0 fully saturated rings. The number of hydrogen-bond acceptors (Lipinski definition) is 3. The van der Waals surface area contributed by atoms with Crippen molar-refractivity contribution in [3.63, 3.8) is 0 Å². The Bertz CT molecular complexity index is 494. The normalized spacial score (nSPS) is 12.0. The van der Waals surface area contributed by atoms with E-state index in [4.69, 9.17) is 11.6 Å². The number of nitrogens with one attached hydrogen (secondary N) is 1. The van der Waals surface area contributed by atoms with E-state index in [0.717, 1.165) is 0 Å². The standard InChI is InChI=1S/C10H9ClF2N2O3/c1-5(11)4-14-10(16)7-2-6(12)3-8(9(7)13)15(17)18/h2-3,5H,4H2,1H3,(H,14,16). The molecule has 1 aromatic rings. The number of nitrogens with zero attached hydrogens (tertiary/aromatic N) is 1. The third-order valence-corrected chi connectivity index (χ3v) is 2.16. The number of rotatable bonds is 4. The van der Waals surface area contributed by atoms with Gasteiger partial charge in [-0.05, 0) is 13.0 Å². The van der Waals surface area contributed by atoms with E-state index in [0.29, 0.717) is 12.1 Å². The number of carbonyl (C=O) groups is 1. The zero-order chi connectivity index (χ0) is 13.9. The number of carbonyl (C=O) groups excluding carboxylic acids is 1. The number of alkyl halides is 1. The molecular weight excluding hydrogens is 270 g/mol. The van der Waals surface area contributed by atoms with E-state index < -0.39 is 39.1 Å². The van der Waals surface area contributed by atoms with Crippen molar-refractivity contribution < 1.29 is 18.5 Å². The van der Waals surface area contributed by atoms with E-state index in [1.807, 2.05) is 0 Å². The molecule has 1 rings (SSSR count). The topological polar surface area (TPSA) is 72.2 Å². The first-order valence-corrected chi connectivity index (χ1v) is 5.32. The Morgan fingerprint density at radius 1 is 1.56 bits per heavy atom. The average Bonchev–Trinajstić information content (AvgIpc) is 2.28. The molecule has 0 radical (unpaired) electrons. The van der Waals surface area contributed by atoms with Crippen molar-refractivity contribution in [1.82, 2.24) is 5.32 Å². The summed E-state index contributed by atoms with van der Waals surface area (Å²) in [4.78, 5) is 20.9. The van der Waals surface area contributed by atoms with Crippen LogP contribution in [0.3, 0.4) is 0 Å². The molecular formula is C10H9ClF2N2O3. The maximum absolute atomic E-state index is 13.6. The van der Waals surface area contributed by atoms with Gasteiger partial charge in [0.2, 0.25) is 5.82 Å². The largest absolute Gasteiger partial charge is 0.350 e. The lowest BCUT2D eigenvalue weighted by Gasteiger charge is -2.07. The molecule has 1 atom stereocenters. The molecule has 0 saturated heterocycles. The lowest BCUT2D eigenvalue weighted by atomic mass is 10.1. The van der Waals surface area contributed by atoms with Gasteiger partial charge in [0.25, 0.3) is 5.91 Å². The lowest BCUT2D eigenvalue weighted by molar-refractivity contribution is -0.387. The van der Waals surface area contributed by atoms with E-state index in [9.17, 15) is 23.7 Å². The molecule has 98 valence electrons. The van der Waals surface area contributed by atoms with Crippen molar-refractivity contribution in [2.24, 2.45) is 0 Å². The monoisotopic (exact) mass is 278 g/mol. The van der Waals surface area contributed by atoms with Crippen molar-refractivity contribution in [3.8, 4) is 0 Å². The molecule has 1 N–H and O–H groups in total. The first kappa shape index (κ1) is 14.3. The number of halogens is 3. The molecule has 5 nitrogen and oxygen atoms in total. The van der Waals surface area contributed by atoms with E-state index in [1.165, 1.54) is 0 Å². The number of amides is 1. The smallest absolute Gasteiger partial charge is 0.308 e. The fourth-order valence-corrected chi connectivity index (χ4v) is 1.28. The van der Waals surface area contributed by atoms with Crippen LogP contribution >= 0.6 is 11.6 Å². The highest BCUT2D eigenvalue weighted by molar-refractivity contribution is 6.20. The van der Waals surface area contributed by atoms with E-state index in [1.54, 1.807) is 6.92 Å². The molecule has 0 aromatic heterocycles. The van der Waals surface area contributed by atoms with E-state index >= 15 is 0 Å². The Balaban J connectivity index is 3.09. The number of benzene rings is 1. The Hall–Kier alpha value is -1.76. The fraction of sp³-hybridized carbons (Fsp3) is 0.300. The predicted molar refractivity (Wildman–Crippen MR) is 60.7 cm³/mol. The van der Waals surface area contributed by atoms with Gasteiger partial charge in [-0.25, -0.2) is 4.39 Å². The Kier molecular flexibility index (Phi) is 4.55. The highest BCUT2D eigenvalue weighted by Gasteiger charge is 2.24. The lowest BCUT2D eigenvalue weighted by Crippen LogP contribution is -2.29. The Morgan fingerprint density at radius 2 is 2.17 bits per heavy atom. The van der Waals surface area contributed by atoms with Gasteiger partial charge in [0.05, 0.1) is 16.6 Å². The predicted octanol–water partition coefficient (Wildman–Crippen LogP) is 2.23. The summed E-state index contributed by atoms with van der Waals surface area (Å²) in [6.07, 6.45) is 0. The number of nitro benzene ring substituents is 1. The van der Waals surface area contributed by atoms with Gasteiger partial charge in [0.15, 0.2) is 0 Å². The maximum atomic E-state index is 13.6. The van der Waals surface area contributed by atoms with Gasteiger partial charge in [0.1, 0.15) is 5.82 Å². The second-order valence-electron chi connectivity index (χ2n) is 3.53. The van der Waals surface area contributed by atoms with E-state index in [-0.39, 0.29) is 6.54 Å². The van der Waals surface area contributed by atoms with Crippen molar-refractivity contribution in [2.45, 2.75) is 12.3 Å². The summed E-state index contributed by atoms with van der Waals surface area (Å²) in [6, 6.07) is 1.01. The van der Waals surface area contributed by atoms with Gasteiger partial charge in [-0.3, -0.25) is 14.9 Å². The van der Waals surface area contributed by atoms with Crippen molar-refractivity contribution in [2.75, 3.05) is 6.54 Å². The molecule has 0 heterocycles. The van der Waals surface area contributed by atoms with Crippen LogP contribution in [-0.4, -0.2) is 22.8 Å². The molecule has 8 heteroatoms. The molecule has 0 aliphatic rings. The zero-order valence-electron chi connectivity index (χ0n) is 9.25. The minimum absolute atomic E-state index is 0.0319. The van der Waals surface area contributed by atoms with Crippen LogP contribution in [0.1, 0.15) is 17.3 Å². The third kappa shape index (κ3) is 3.36. The van der Waals surface area contributed by atoms with Gasteiger partial charge < -0.3 is 5.32 Å². The summed E-state index contributed by atoms with van der Waals surface area (Å²) < 4.78 is 26.6. The minimum Gasteiger partial charge on any atom is -0.350 e. The van der Waals surface area contributed by atoms with E-state index in [2.05, 4.69) is 5.32 Å². The SMILES string of the molecule is CC(Cl)CNC(=O)c1cc(F)cc([N+](=O)[O-])c1F. The third-order valence-electron chi connectivity index (χ3n) is 2.00. The molecule has 0 aliphatic heterocycles. The fourth-order valence-electron chi connectivity index (χ4n) is 1.20. The summed E-state index contributed by atoms with van der Waals surface area (Å²) in [5, 5.41) is 12.3. The zero-order valence-corrected chi connectivity index (χ0v) is 10.0. The quantitative estimate of drug-likeness (QED) is 0.521. The summed E-state index contributed by atoms with van der Waals surface area (Å²) in [5.41, 5.74) is -1.81. The van der Waals surface area contributed by atoms with Crippen molar-refractivity contribution >= 4 is 23.2 Å². The first-order valence-electron chi connectivity index (χ1n) is 4.88. The van der Waals surface area contributed by atoms with Crippen LogP contribution in [0.4, 0.5) is 14.5 Å². The van der Waals surface area contributed by atoms with Crippen LogP contribution in [0.25, 0.3) is 0 Å². The summed E-state index contributed by atoms with van der Waals surface area (Å²) in [6.45, 7) is 1.62. The molecule has 1 aromatic carbocycles. The maximum Gasteiger partial charge on any atom is 0.308 e. The van der Waals surface area contributed by atoms with Gasteiger partial charge in [0, 0.05) is 11.9 Å². The van der Waals surface area contributed by atoms with Crippen molar-refractivity contribution in [1.29, 1.82) is 0 Å². The van der Waals surface area contributed by atoms with Gasteiger partial charge in [-0.15, -0.1) is 11.6 Å². The van der Waals surface area contributed by atoms with Gasteiger partial charge in [-0.1, -0.05) is 0 Å². The number of nitro groups is 1. The van der Waals surface area contributed by atoms with Crippen molar-refractivity contribution in [3.05, 3.63) is 39.4 Å². The molecule has 0 saturated carbocycles. The molecule has 1 unspecified atom stereocenters. The van der Waals surface area contributed by atoms with Crippen LogP contribution < -0.4 is 5.32 Å². The highest BCUT2D eigenvalue weighted by atomic mass is 35.5. The number of hydrogen-bond donors (Lipinski definition) is 1.